The van der Waals surface area contributed by atoms with Gasteiger partial charge in [-0.25, -0.2) is 9.97 Å². The molecule has 26 heavy (non-hydrogen) atoms. The van der Waals surface area contributed by atoms with Crippen LogP contribution < -0.4 is 15.8 Å². The zero-order chi connectivity index (χ0) is 18.1. The van der Waals surface area contributed by atoms with Gasteiger partial charge in [0, 0.05) is 23.5 Å². The summed E-state index contributed by atoms with van der Waals surface area (Å²) >= 11 is 0. The Bertz CT molecular complexity index is 1070. The van der Waals surface area contributed by atoms with Crippen LogP contribution in [-0.4, -0.2) is 21.6 Å². The average Bonchev–Trinajstić information content (AvgIpc) is 2.97. The van der Waals surface area contributed by atoms with E-state index in [9.17, 15) is 0 Å². The molecular weight excluding hydrogens is 326 g/mol. The summed E-state index contributed by atoms with van der Waals surface area (Å²) in [6, 6.07) is 19.3. The van der Waals surface area contributed by atoms with Crippen molar-refractivity contribution in [2.24, 2.45) is 0 Å². The molecule has 0 fully saturated rings. The van der Waals surface area contributed by atoms with Gasteiger partial charge < -0.3 is 15.8 Å². The summed E-state index contributed by atoms with van der Waals surface area (Å²) in [6.45, 7) is 1.96. The molecule has 0 aliphatic heterocycles. The Balaban J connectivity index is 1.75. The minimum absolute atomic E-state index is 0.628. The van der Waals surface area contributed by atoms with Gasteiger partial charge in [0.25, 0.3) is 0 Å². The van der Waals surface area contributed by atoms with E-state index in [1.165, 1.54) is 0 Å². The Labute approximate surface area is 151 Å². The third-order valence-corrected chi connectivity index (χ3v) is 4.15. The van der Waals surface area contributed by atoms with Crippen molar-refractivity contribution >= 4 is 28.2 Å². The van der Waals surface area contributed by atoms with Crippen molar-refractivity contribution in [3.63, 3.8) is 0 Å². The lowest BCUT2D eigenvalue weighted by molar-refractivity contribution is 0.415. The molecule has 2 aromatic heterocycles. The smallest absolute Gasteiger partial charge is 0.143 e. The molecule has 3 N–H and O–H groups in total. The molecule has 0 saturated heterocycles. The minimum Gasteiger partial charge on any atom is -0.497 e. The van der Waals surface area contributed by atoms with E-state index in [-0.39, 0.29) is 0 Å². The minimum atomic E-state index is 0.628. The van der Waals surface area contributed by atoms with Crippen molar-refractivity contribution in [2.45, 2.75) is 6.92 Å². The van der Waals surface area contributed by atoms with Crippen LogP contribution in [0.15, 0.2) is 60.7 Å². The highest BCUT2D eigenvalue weighted by Gasteiger charge is 2.11. The van der Waals surface area contributed by atoms with Crippen molar-refractivity contribution < 1.29 is 4.74 Å². The zero-order valence-electron chi connectivity index (χ0n) is 14.6. The molecule has 0 aliphatic rings. The van der Waals surface area contributed by atoms with E-state index >= 15 is 0 Å². The monoisotopic (exact) mass is 345 g/mol. The largest absolute Gasteiger partial charge is 0.497 e. The maximum Gasteiger partial charge on any atom is 0.143 e. The highest BCUT2D eigenvalue weighted by molar-refractivity contribution is 5.78. The Hall–Kier alpha value is -3.54. The van der Waals surface area contributed by atoms with E-state index in [0.29, 0.717) is 11.5 Å². The molecule has 0 radical (unpaired) electrons. The SMILES string of the molecule is COc1ccc(Nc2cc(N)cc(-n3c(C)nc4ccccc43)n2)cc1. The first-order valence-electron chi connectivity index (χ1n) is 8.27. The van der Waals surface area contributed by atoms with E-state index in [2.05, 4.69) is 10.3 Å². The van der Waals surface area contributed by atoms with Gasteiger partial charge >= 0.3 is 0 Å². The van der Waals surface area contributed by atoms with Crippen molar-refractivity contribution in [1.82, 2.24) is 14.5 Å². The second-order valence-corrected chi connectivity index (χ2v) is 5.98. The van der Waals surface area contributed by atoms with Crippen LogP contribution >= 0.6 is 0 Å². The Morgan fingerprint density at radius 3 is 2.54 bits per heavy atom. The van der Waals surface area contributed by atoms with Gasteiger partial charge in [0.15, 0.2) is 0 Å². The molecule has 0 unspecified atom stereocenters. The number of hydrogen-bond donors (Lipinski definition) is 2. The van der Waals surface area contributed by atoms with Gasteiger partial charge in [0.2, 0.25) is 0 Å². The van der Waals surface area contributed by atoms with Crippen LogP contribution in [0.4, 0.5) is 17.2 Å². The lowest BCUT2D eigenvalue weighted by Gasteiger charge is -2.12. The third-order valence-electron chi connectivity index (χ3n) is 4.15. The number of nitrogens with zero attached hydrogens (tertiary/aromatic N) is 3. The summed E-state index contributed by atoms with van der Waals surface area (Å²) in [5.41, 5.74) is 9.59. The fourth-order valence-corrected chi connectivity index (χ4v) is 2.97. The standard InChI is InChI=1S/C20H19N5O/c1-13-22-17-5-3-4-6-18(17)25(13)20-12-14(21)11-19(24-20)23-15-7-9-16(26-2)10-8-15/h3-12H,1-2H3,(H3,21,23,24). The lowest BCUT2D eigenvalue weighted by Crippen LogP contribution is -2.04. The number of aromatic nitrogens is 3. The highest BCUT2D eigenvalue weighted by atomic mass is 16.5. The zero-order valence-corrected chi connectivity index (χ0v) is 14.6. The molecule has 0 aliphatic carbocycles. The van der Waals surface area contributed by atoms with E-state index in [0.717, 1.165) is 34.1 Å². The fraction of sp³-hybridized carbons (Fsp3) is 0.100. The third kappa shape index (κ3) is 2.93. The van der Waals surface area contributed by atoms with Crippen LogP contribution in [0.5, 0.6) is 5.75 Å². The number of hydrogen-bond acceptors (Lipinski definition) is 5. The number of nitrogens with one attached hydrogen (secondary N) is 1. The van der Waals surface area contributed by atoms with Gasteiger partial charge in [0.1, 0.15) is 23.2 Å². The molecule has 0 saturated carbocycles. The number of anilines is 3. The maximum atomic E-state index is 6.13. The first-order valence-corrected chi connectivity index (χ1v) is 8.27. The van der Waals surface area contributed by atoms with E-state index in [4.69, 9.17) is 15.5 Å². The van der Waals surface area contributed by atoms with Crippen LogP contribution in [0.1, 0.15) is 5.82 Å². The Morgan fingerprint density at radius 1 is 1.00 bits per heavy atom. The van der Waals surface area contributed by atoms with E-state index < -0.39 is 0 Å². The van der Waals surface area contributed by atoms with Crippen LogP contribution in [0.25, 0.3) is 16.9 Å². The molecule has 2 aromatic carbocycles. The van der Waals surface area contributed by atoms with E-state index in [1.807, 2.05) is 72.2 Å². The van der Waals surface area contributed by atoms with Crippen LogP contribution in [-0.2, 0) is 0 Å². The molecule has 4 aromatic rings. The van der Waals surface area contributed by atoms with Gasteiger partial charge in [-0.3, -0.25) is 4.57 Å². The maximum absolute atomic E-state index is 6.13. The number of pyridine rings is 1. The predicted octanol–water partition coefficient (Wildman–Crippen LogP) is 4.06. The van der Waals surface area contributed by atoms with Crippen LogP contribution in [0.3, 0.4) is 0 Å². The summed E-state index contributed by atoms with van der Waals surface area (Å²) in [7, 11) is 1.64. The summed E-state index contributed by atoms with van der Waals surface area (Å²) in [6.07, 6.45) is 0. The number of imidazole rings is 1. The quantitative estimate of drug-likeness (QED) is 0.583. The van der Waals surface area contributed by atoms with Gasteiger partial charge in [-0.2, -0.15) is 0 Å². The van der Waals surface area contributed by atoms with Crippen molar-refractivity contribution in [1.29, 1.82) is 0 Å². The highest BCUT2D eigenvalue weighted by Crippen LogP contribution is 2.25. The van der Waals surface area contributed by atoms with Crippen LogP contribution in [0.2, 0.25) is 0 Å². The summed E-state index contributed by atoms with van der Waals surface area (Å²) in [5, 5.41) is 3.29. The number of para-hydroxylation sites is 2. The Morgan fingerprint density at radius 2 is 1.77 bits per heavy atom. The number of benzene rings is 2. The number of nitrogens with two attached hydrogens (primary N) is 1. The molecule has 2 heterocycles. The van der Waals surface area contributed by atoms with Crippen LogP contribution in [0, 0.1) is 6.92 Å². The first-order chi connectivity index (χ1) is 12.6. The molecule has 0 bridgehead atoms. The number of nitrogen functional groups attached to an aromatic ring is 1. The predicted molar refractivity (Wildman–Crippen MR) is 104 cm³/mol. The molecule has 0 atom stereocenters. The molecule has 4 rings (SSSR count). The normalized spacial score (nSPS) is 10.8. The van der Waals surface area contributed by atoms with E-state index in [1.54, 1.807) is 7.11 Å². The average molecular weight is 345 g/mol. The summed E-state index contributed by atoms with van der Waals surface area (Å²) < 4.78 is 7.19. The summed E-state index contributed by atoms with van der Waals surface area (Å²) in [4.78, 5) is 9.33. The topological polar surface area (TPSA) is 78.0 Å². The molecular formula is C20H19N5O. The van der Waals surface area contributed by atoms with Crippen molar-refractivity contribution in [2.75, 3.05) is 18.2 Å². The number of ether oxygens (including phenoxy) is 1. The van der Waals surface area contributed by atoms with Gasteiger partial charge in [-0.1, -0.05) is 12.1 Å². The van der Waals surface area contributed by atoms with Crippen molar-refractivity contribution in [3.8, 4) is 11.6 Å². The number of methoxy groups -OCH3 is 1. The first kappa shape index (κ1) is 16.0. The Kier molecular flexibility index (Phi) is 3.93. The molecule has 0 amide bonds. The van der Waals surface area contributed by atoms with Gasteiger partial charge in [-0.05, 0) is 43.3 Å². The summed E-state index contributed by atoms with van der Waals surface area (Å²) in [5.74, 6) is 3.06. The lowest BCUT2D eigenvalue weighted by atomic mass is 10.3. The number of rotatable bonds is 4. The molecule has 130 valence electrons. The van der Waals surface area contributed by atoms with Gasteiger partial charge in [-0.15, -0.1) is 0 Å². The number of aryl methyl sites for hydroxylation is 1. The number of fused-ring (bicyclic) bond motifs is 1. The molecule has 0 spiro atoms. The molecule has 6 heteroatoms. The fourth-order valence-electron chi connectivity index (χ4n) is 2.97. The second kappa shape index (κ2) is 6.40. The van der Waals surface area contributed by atoms with Gasteiger partial charge in [0.05, 0.1) is 18.1 Å². The van der Waals surface area contributed by atoms with Crippen molar-refractivity contribution in [3.05, 3.63) is 66.5 Å². The second-order valence-electron chi connectivity index (χ2n) is 5.98. The molecule has 6 nitrogen and oxygen atoms in total.